The van der Waals surface area contributed by atoms with E-state index in [1.54, 1.807) is 25.8 Å². The molecule has 17 heavy (non-hydrogen) atoms. The van der Waals surface area contributed by atoms with Gasteiger partial charge in [-0.2, -0.15) is 0 Å². The molecule has 0 radical (unpaired) electrons. The van der Waals surface area contributed by atoms with Crippen molar-refractivity contribution in [1.82, 2.24) is 20.3 Å². The molecule has 1 N–H and O–H groups in total. The summed E-state index contributed by atoms with van der Waals surface area (Å²) in [4.78, 5) is 12.1. The van der Waals surface area contributed by atoms with Crippen LogP contribution >= 0.6 is 0 Å². The fourth-order valence-electron chi connectivity index (χ4n) is 1.43. The van der Waals surface area contributed by atoms with E-state index in [4.69, 9.17) is 4.74 Å². The number of hydrogen-bond donors (Lipinski definition) is 1. The van der Waals surface area contributed by atoms with E-state index < -0.39 is 0 Å². The number of pyridine rings is 1. The lowest BCUT2D eigenvalue weighted by molar-refractivity contribution is 0.397. The minimum atomic E-state index is 0.631. The fraction of sp³-hybridized carbons (Fsp3) is 0.250. The highest BCUT2D eigenvalue weighted by Crippen LogP contribution is 2.08. The van der Waals surface area contributed by atoms with Crippen LogP contribution in [0.5, 0.6) is 5.88 Å². The summed E-state index contributed by atoms with van der Waals surface area (Å²) < 4.78 is 5.06. The summed E-state index contributed by atoms with van der Waals surface area (Å²) in [5.74, 6) is 0.631. The van der Waals surface area contributed by atoms with Crippen LogP contribution in [0.2, 0.25) is 0 Å². The third-order valence-corrected chi connectivity index (χ3v) is 2.29. The van der Waals surface area contributed by atoms with Gasteiger partial charge in [-0.1, -0.05) is 0 Å². The quantitative estimate of drug-likeness (QED) is 0.835. The maximum atomic E-state index is 5.06. The van der Waals surface area contributed by atoms with Crippen LogP contribution in [0, 0.1) is 0 Å². The van der Waals surface area contributed by atoms with E-state index >= 15 is 0 Å². The van der Waals surface area contributed by atoms with Gasteiger partial charge in [0.2, 0.25) is 5.88 Å². The van der Waals surface area contributed by atoms with E-state index in [1.807, 2.05) is 18.2 Å². The third kappa shape index (κ3) is 3.49. The van der Waals surface area contributed by atoms with Gasteiger partial charge in [-0.15, -0.1) is 0 Å². The smallest absolute Gasteiger partial charge is 0.213 e. The second kappa shape index (κ2) is 5.91. The molecular formula is C12H14N4O. The van der Waals surface area contributed by atoms with E-state index in [1.165, 1.54) is 0 Å². The van der Waals surface area contributed by atoms with Gasteiger partial charge in [0.1, 0.15) is 6.33 Å². The molecule has 0 bridgehead atoms. The summed E-state index contributed by atoms with van der Waals surface area (Å²) in [6, 6.07) is 5.75. The summed E-state index contributed by atoms with van der Waals surface area (Å²) in [5.41, 5.74) is 2.10. The maximum absolute atomic E-state index is 5.06. The van der Waals surface area contributed by atoms with Gasteiger partial charge in [0.25, 0.3) is 0 Å². The molecule has 0 aromatic carbocycles. The Morgan fingerprint density at radius 1 is 1.18 bits per heavy atom. The van der Waals surface area contributed by atoms with Crippen molar-refractivity contribution in [2.75, 3.05) is 7.11 Å². The van der Waals surface area contributed by atoms with Gasteiger partial charge in [-0.25, -0.2) is 15.0 Å². The average Bonchev–Trinajstić information content (AvgIpc) is 2.40. The number of hydrogen-bond acceptors (Lipinski definition) is 5. The molecule has 0 unspecified atom stereocenters. The standard InChI is InChI=1S/C12H14N4O/c1-17-12-6-10(2-5-15-12)7-14-8-11-3-4-13-9-16-11/h2-6,9,14H,7-8H2,1H3. The number of rotatable bonds is 5. The van der Waals surface area contributed by atoms with Crippen LogP contribution in [-0.4, -0.2) is 22.1 Å². The van der Waals surface area contributed by atoms with Crippen molar-refractivity contribution in [3.8, 4) is 5.88 Å². The van der Waals surface area contributed by atoms with Gasteiger partial charge in [-0.3, -0.25) is 0 Å². The van der Waals surface area contributed by atoms with Gasteiger partial charge in [0.05, 0.1) is 12.8 Å². The predicted octanol–water partition coefficient (Wildman–Crippen LogP) is 1.17. The van der Waals surface area contributed by atoms with Gasteiger partial charge in [0.15, 0.2) is 0 Å². The molecule has 0 saturated carbocycles. The molecule has 2 heterocycles. The van der Waals surface area contributed by atoms with E-state index in [0.717, 1.165) is 17.8 Å². The molecule has 0 aliphatic heterocycles. The Balaban J connectivity index is 1.86. The van der Waals surface area contributed by atoms with Crippen molar-refractivity contribution < 1.29 is 4.74 Å². The van der Waals surface area contributed by atoms with Crippen molar-refractivity contribution in [2.45, 2.75) is 13.1 Å². The molecule has 0 amide bonds. The monoisotopic (exact) mass is 230 g/mol. The molecular weight excluding hydrogens is 216 g/mol. The molecule has 0 aliphatic carbocycles. The van der Waals surface area contributed by atoms with Crippen LogP contribution in [-0.2, 0) is 13.1 Å². The van der Waals surface area contributed by atoms with Gasteiger partial charge in [-0.05, 0) is 17.7 Å². The Hall–Kier alpha value is -2.01. The SMILES string of the molecule is COc1cc(CNCc2ccncn2)ccn1. The van der Waals surface area contributed by atoms with E-state index in [9.17, 15) is 0 Å². The Labute approximate surface area is 99.9 Å². The van der Waals surface area contributed by atoms with Gasteiger partial charge < -0.3 is 10.1 Å². The molecule has 0 spiro atoms. The van der Waals surface area contributed by atoms with Crippen molar-refractivity contribution in [2.24, 2.45) is 0 Å². The first-order valence-corrected chi connectivity index (χ1v) is 5.33. The van der Waals surface area contributed by atoms with Crippen molar-refractivity contribution >= 4 is 0 Å². The largest absolute Gasteiger partial charge is 0.481 e. The Kier molecular flexibility index (Phi) is 3.99. The lowest BCUT2D eigenvalue weighted by Gasteiger charge is -2.05. The number of ether oxygens (including phenoxy) is 1. The molecule has 0 atom stereocenters. The van der Waals surface area contributed by atoms with Crippen molar-refractivity contribution in [1.29, 1.82) is 0 Å². The summed E-state index contributed by atoms with van der Waals surface area (Å²) >= 11 is 0. The normalized spacial score (nSPS) is 10.2. The van der Waals surface area contributed by atoms with Crippen LogP contribution < -0.4 is 10.1 Å². The number of aromatic nitrogens is 3. The van der Waals surface area contributed by atoms with Crippen LogP contribution in [0.15, 0.2) is 36.9 Å². The molecule has 0 saturated heterocycles. The summed E-state index contributed by atoms with van der Waals surface area (Å²) in [6.45, 7) is 1.47. The van der Waals surface area contributed by atoms with E-state index in [2.05, 4.69) is 20.3 Å². The van der Waals surface area contributed by atoms with Crippen LogP contribution in [0.25, 0.3) is 0 Å². The highest BCUT2D eigenvalue weighted by Gasteiger charge is 1.97. The first-order valence-electron chi connectivity index (χ1n) is 5.33. The first kappa shape index (κ1) is 11.5. The van der Waals surface area contributed by atoms with Crippen molar-refractivity contribution in [3.63, 3.8) is 0 Å². The molecule has 2 aromatic rings. The fourth-order valence-corrected chi connectivity index (χ4v) is 1.43. The summed E-state index contributed by atoms with van der Waals surface area (Å²) in [7, 11) is 1.61. The molecule has 2 rings (SSSR count). The summed E-state index contributed by atoms with van der Waals surface area (Å²) in [6.07, 6.45) is 5.02. The number of nitrogens with one attached hydrogen (secondary N) is 1. The topological polar surface area (TPSA) is 59.9 Å². The van der Waals surface area contributed by atoms with Gasteiger partial charge in [0, 0.05) is 31.5 Å². The zero-order valence-corrected chi connectivity index (χ0v) is 9.63. The molecule has 0 fully saturated rings. The number of nitrogens with zero attached hydrogens (tertiary/aromatic N) is 3. The Morgan fingerprint density at radius 3 is 2.88 bits per heavy atom. The maximum Gasteiger partial charge on any atom is 0.213 e. The van der Waals surface area contributed by atoms with E-state index in [-0.39, 0.29) is 0 Å². The summed E-state index contributed by atoms with van der Waals surface area (Å²) in [5, 5.41) is 3.30. The average molecular weight is 230 g/mol. The lowest BCUT2D eigenvalue weighted by atomic mass is 10.2. The minimum Gasteiger partial charge on any atom is -0.481 e. The van der Waals surface area contributed by atoms with Crippen LogP contribution in [0.4, 0.5) is 0 Å². The molecule has 0 aliphatic rings. The second-order valence-electron chi connectivity index (χ2n) is 3.51. The number of methoxy groups -OCH3 is 1. The molecule has 5 nitrogen and oxygen atoms in total. The second-order valence-corrected chi connectivity index (χ2v) is 3.51. The Bertz CT molecular complexity index is 461. The van der Waals surface area contributed by atoms with Crippen molar-refractivity contribution in [3.05, 3.63) is 48.2 Å². The van der Waals surface area contributed by atoms with Crippen LogP contribution in [0.1, 0.15) is 11.3 Å². The molecule has 2 aromatic heterocycles. The lowest BCUT2D eigenvalue weighted by Crippen LogP contribution is -2.13. The molecule has 5 heteroatoms. The first-order chi connectivity index (χ1) is 8.38. The van der Waals surface area contributed by atoms with Gasteiger partial charge >= 0.3 is 0 Å². The van der Waals surface area contributed by atoms with E-state index in [0.29, 0.717) is 12.4 Å². The third-order valence-electron chi connectivity index (χ3n) is 2.29. The molecule has 88 valence electrons. The minimum absolute atomic E-state index is 0.631. The zero-order valence-electron chi connectivity index (χ0n) is 9.63. The highest BCUT2D eigenvalue weighted by atomic mass is 16.5. The zero-order chi connectivity index (χ0) is 11.9. The van der Waals surface area contributed by atoms with Crippen LogP contribution in [0.3, 0.4) is 0 Å². The Morgan fingerprint density at radius 2 is 2.12 bits per heavy atom. The highest BCUT2D eigenvalue weighted by molar-refractivity contribution is 5.20. The predicted molar refractivity (Wildman–Crippen MR) is 63.4 cm³/mol.